The van der Waals surface area contributed by atoms with Crippen molar-refractivity contribution in [2.75, 3.05) is 19.6 Å². The van der Waals surface area contributed by atoms with E-state index in [0.29, 0.717) is 31.0 Å². The summed E-state index contributed by atoms with van der Waals surface area (Å²) >= 11 is 0. The SMILES string of the molecule is Cc1occc1C(=O)N1CC[C@]2(CCCN(Cc3cccnc3)C2=O)C1. The summed E-state index contributed by atoms with van der Waals surface area (Å²) in [6.45, 7) is 4.27. The topological polar surface area (TPSA) is 66.7 Å². The van der Waals surface area contributed by atoms with E-state index < -0.39 is 5.41 Å². The molecule has 136 valence electrons. The molecule has 0 unspecified atom stereocenters. The van der Waals surface area contributed by atoms with Gasteiger partial charge < -0.3 is 14.2 Å². The maximum absolute atomic E-state index is 13.2. The summed E-state index contributed by atoms with van der Waals surface area (Å²) in [4.78, 5) is 33.9. The van der Waals surface area contributed by atoms with Gasteiger partial charge in [-0.1, -0.05) is 6.07 Å². The highest BCUT2D eigenvalue weighted by Crippen LogP contribution is 2.41. The van der Waals surface area contributed by atoms with E-state index in [-0.39, 0.29) is 11.8 Å². The third kappa shape index (κ3) is 2.89. The monoisotopic (exact) mass is 353 g/mol. The third-order valence-electron chi connectivity index (χ3n) is 5.65. The zero-order chi connectivity index (χ0) is 18.1. The van der Waals surface area contributed by atoms with Gasteiger partial charge >= 0.3 is 0 Å². The Hall–Kier alpha value is -2.63. The molecule has 6 nitrogen and oxygen atoms in total. The van der Waals surface area contributed by atoms with E-state index >= 15 is 0 Å². The fourth-order valence-electron chi connectivity index (χ4n) is 4.22. The average molecular weight is 353 g/mol. The van der Waals surface area contributed by atoms with Gasteiger partial charge in [-0.2, -0.15) is 0 Å². The second-order valence-electron chi connectivity index (χ2n) is 7.34. The predicted molar refractivity (Wildman–Crippen MR) is 95.3 cm³/mol. The van der Waals surface area contributed by atoms with Crippen molar-refractivity contribution in [3.05, 3.63) is 53.7 Å². The molecule has 2 aromatic rings. The normalized spacial score (nSPS) is 23.0. The van der Waals surface area contributed by atoms with Crippen LogP contribution in [0.3, 0.4) is 0 Å². The molecule has 26 heavy (non-hydrogen) atoms. The molecule has 2 amide bonds. The fourth-order valence-corrected chi connectivity index (χ4v) is 4.22. The van der Waals surface area contributed by atoms with Crippen molar-refractivity contribution in [1.82, 2.24) is 14.8 Å². The highest BCUT2D eigenvalue weighted by atomic mass is 16.3. The summed E-state index contributed by atoms with van der Waals surface area (Å²) in [5, 5.41) is 0. The summed E-state index contributed by atoms with van der Waals surface area (Å²) in [7, 11) is 0. The van der Waals surface area contributed by atoms with Crippen molar-refractivity contribution in [2.45, 2.75) is 32.7 Å². The lowest BCUT2D eigenvalue weighted by molar-refractivity contribution is -0.146. The van der Waals surface area contributed by atoms with Crippen LogP contribution < -0.4 is 0 Å². The van der Waals surface area contributed by atoms with Gasteiger partial charge in [-0.05, 0) is 43.9 Å². The van der Waals surface area contributed by atoms with Crippen LogP contribution in [0.15, 0.2) is 41.3 Å². The van der Waals surface area contributed by atoms with E-state index in [2.05, 4.69) is 4.98 Å². The molecule has 2 aliphatic rings. The lowest BCUT2D eigenvalue weighted by atomic mass is 9.78. The zero-order valence-electron chi connectivity index (χ0n) is 15.0. The molecule has 0 aromatic carbocycles. The van der Waals surface area contributed by atoms with Crippen LogP contribution in [0.4, 0.5) is 0 Å². The molecule has 0 N–H and O–H groups in total. The second-order valence-corrected chi connectivity index (χ2v) is 7.34. The maximum atomic E-state index is 13.2. The summed E-state index contributed by atoms with van der Waals surface area (Å²) in [5.74, 6) is 0.765. The smallest absolute Gasteiger partial charge is 0.257 e. The predicted octanol–water partition coefficient (Wildman–Crippen LogP) is 2.64. The number of carbonyl (C=O) groups is 2. The molecule has 2 aromatic heterocycles. The van der Waals surface area contributed by atoms with Crippen LogP contribution in [0.25, 0.3) is 0 Å². The largest absolute Gasteiger partial charge is 0.469 e. The summed E-state index contributed by atoms with van der Waals surface area (Å²) in [6, 6.07) is 5.59. The van der Waals surface area contributed by atoms with Gasteiger partial charge in [-0.3, -0.25) is 14.6 Å². The van der Waals surface area contributed by atoms with Crippen LogP contribution in [0, 0.1) is 12.3 Å². The number of furan rings is 1. The number of hydrogen-bond acceptors (Lipinski definition) is 4. The van der Waals surface area contributed by atoms with Gasteiger partial charge in [0.25, 0.3) is 5.91 Å². The number of rotatable bonds is 3. The molecule has 0 aliphatic carbocycles. The highest BCUT2D eigenvalue weighted by molar-refractivity contribution is 5.96. The maximum Gasteiger partial charge on any atom is 0.257 e. The second kappa shape index (κ2) is 6.59. The number of amides is 2. The van der Waals surface area contributed by atoms with Crippen LogP contribution in [0.1, 0.15) is 40.9 Å². The molecular formula is C20H23N3O3. The Morgan fingerprint density at radius 1 is 1.31 bits per heavy atom. The lowest BCUT2D eigenvalue weighted by Gasteiger charge is -2.39. The molecule has 1 spiro atoms. The molecule has 2 saturated heterocycles. The zero-order valence-corrected chi connectivity index (χ0v) is 15.0. The summed E-state index contributed by atoms with van der Waals surface area (Å²) < 4.78 is 5.26. The molecular weight excluding hydrogens is 330 g/mol. The van der Waals surface area contributed by atoms with Gasteiger partial charge in [0, 0.05) is 38.6 Å². The number of hydrogen-bond donors (Lipinski definition) is 0. The van der Waals surface area contributed by atoms with Crippen molar-refractivity contribution in [3.8, 4) is 0 Å². The first-order chi connectivity index (χ1) is 12.6. The minimum atomic E-state index is -0.437. The molecule has 0 bridgehead atoms. The summed E-state index contributed by atoms with van der Waals surface area (Å²) in [6.07, 6.45) is 7.64. The van der Waals surface area contributed by atoms with Crippen LogP contribution in [-0.2, 0) is 11.3 Å². The third-order valence-corrected chi connectivity index (χ3v) is 5.65. The van der Waals surface area contributed by atoms with E-state index in [9.17, 15) is 9.59 Å². The van der Waals surface area contributed by atoms with Crippen molar-refractivity contribution < 1.29 is 14.0 Å². The van der Waals surface area contributed by atoms with E-state index in [0.717, 1.165) is 31.4 Å². The van der Waals surface area contributed by atoms with Crippen molar-refractivity contribution in [3.63, 3.8) is 0 Å². The average Bonchev–Trinajstić information content (AvgIpc) is 3.27. The number of aryl methyl sites for hydroxylation is 1. The van der Waals surface area contributed by atoms with Crippen LogP contribution in [0.2, 0.25) is 0 Å². The van der Waals surface area contributed by atoms with Crippen LogP contribution >= 0.6 is 0 Å². The number of piperidine rings is 1. The number of pyridine rings is 1. The van der Waals surface area contributed by atoms with Gasteiger partial charge in [0.15, 0.2) is 0 Å². The molecule has 4 heterocycles. The minimum absolute atomic E-state index is 0.0368. The van der Waals surface area contributed by atoms with Gasteiger partial charge in [-0.15, -0.1) is 0 Å². The van der Waals surface area contributed by atoms with E-state index in [1.807, 2.05) is 21.9 Å². The lowest BCUT2D eigenvalue weighted by Crippen LogP contribution is -2.50. The Morgan fingerprint density at radius 3 is 2.92 bits per heavy atom. The van der Waals surface area contributed by atoms with Crippen molar-refractivity contribution >= 4 is 11.8 Å². The first kappa shape index (κ1) is 16.8. The standard InChI is InChI=1S/C20H23N3O3/c1-15-17(5-11-26-15)18(24)23-10-7-20(14-23)6-3-9-22(19(20)25)13-16-4-2-8-21-12-16/h2,4-5,8,11-12H,3,6-7,9-10,13-14H2,1H3/t20-/m1/s1. The molecule has 4 rings (SSSR count). The molecule has 2 fully saturated rings. The Kier molecular flexibility index (Phi) is 4.26. The Morgan fingerprint density at radius 2 is 2.19 bits per heavy atom. The van der Waals surface area contributed by atoms with Gasteiger partial charge in [0.1, 0.15) is 5.76 Å². The molecule has 2 aliphatic heterocycles. The molecule has 0 radical (unpaired) electrons. The van der Waals surface area contributed by atoms with Gasteiger partial charge in [0.05, 0.1) is 17.2 Å². The molecule has 1 atom stereocenters. The van der Waals surface area contributed by atoms with E-state index in [4.69, 9.17) is 4.42 Å². The Balaban J connectivity index is 1.49. The van der Waals surface area contributed by atoms with E-state index in [1.54, 1.807) is 25.4 Å². The Labute approximate surface area is 152 Å². The quantitative estimate of drug-likeness (QED) is 0.851. The Bertz CT molecular complexity index is 817. The molecule has 0 saturated carbocycles. The van der Waals surface area contributed by atoms with Crippen molar-refractivity contribution in [2.24, 2.45) is 5.41 Å². The number of aromatic nitrogens is 1. The molecule has 6 heteroatoms. The number of nitrogens with zero attached hydrogens (tertiary/aromatic N) is 3. The highest BCUT2D eigenvalue weighted by Gasteiger charge is 2.49. The number of carbonyl (C=O) groups excluding carboxylic acids is 2. The number of likely N-dealkylation sites (tertiary alicyclic amines) is 2. The van der Waals surface area contributed by atoms with Crippen LogP contribution in [-0.4, -0.2) is 46.2 Å². The summed E-state index contributed by atoms with van der Waals surface area (Å²) in [5.41, 5.74) is 1.20. The first-order valence-electron chi connectivity index (χ1n) is 9.11. The van der Waals surface area contributed by atoms with Gasteiger partial charge in [0.2, 0.25) is 5.91 Å². The van der Waals surface area contributed by atoms with Crippen LogP contribution in [0.5, 0.6) is 0 Å². The first-order valence-corrected chi connectivity index (χ1v) is 9.11. The van der Waals surface area contributed by atoms with Crippen molar-refractivity contribution in [1.29, 1.82) is 0 Å². The fraction of sp³-hybridized carbons (Fsp3) is 0.450. The van der Waals surface area contributed by atoms with Gasteiger partial charge in [-0.25, -0.2) is 0 Å². The minimum Gasteiger partial charge on any atom is -0.469 e. The van der Waals surface area contributed by atoms with E-state index in [1.165, 1.54) is 6.26 Å².